The van der Waals surface area contributed by atoms with Gasteiger partial charge in [-0.25, -0.2) is 0 Å². The second kappa shape index (κ2) is 7.07. The number of rotatable bonds is 7. The van der Waals surface area contributed by atoms with Crippen LogP contribution in [0.3, 0.4) is 0 Å². The van der Waals surface area contributed by atoms with Crippen molar-refractivity contribution in [1.29, 1.82) is 0 Å². The number of methoxy groups -OCH3 is 1. The molecular formula is C19H27NO3. The molecule has 0 unspecified atom stereocenters. The first-order valence-corrected chi connectivity index (χ1v) is 8.06. The summed E-state index contributed by atoms with van der Waals surface area (Å²) in [5.74, 6) is 2.10. The SMILES string of the molecule is COc1ccc(OCCNC(=O)[C@@H]2[C@H](C=C(C)C)C2(C)C)cc1. The first-order chi connectivity index (χ1) is 10.9. The molecule has 0 radical (unpaired) electrons. The minimum absolute atomic E-state index is 0.0538. The van der Waals surface area contributed by atoms with Gasteiger partial charge >= 0.3 is 0 Å². The van der Waals surface area contributed by atoms with Crippen LogP contribution in [0.2, 0.25) is 0 Å². The van der Waals surface area contributed by atoms with Gasteiger partial charge in [0.1, 0.15) is 18.1 Å². The highest BCUT2D eigenvalue weighted by Crippen LogP contribution is 2.59. The average molecular weight is 317 g/mol. The molecule has 1 aliphatic rings. The fraction of sp³-hybridized carbons (Fsp3) is 0.526. The summed E-state index contributed by atoms with van der Waals surface area (Å²) in [6.45, 7) is 9.42. The third-order valence-corrected chi connectivity index (χ3v) is 4.44. The zero-order chi connectivity index (χ0) is 17.0. The minimum atomic E-state index is 0.0538. The van der Waals surface area contributed by atoms with Gasteiger partial charge < -0.3 is 14.8 Å². The highest BCUT2D eigenvalue weighted by Gasteiger charge is 2.60. The summed E-state index contributed by atoms with van der Waals surface area (Å²) in [5, 5.41) is 2.98. The molecule has 4 nitrogen and oxygen atoms in total. The van der Waals surface area contributed by atoms with E-state index in [1.807, 2.05) is 24.3 Å². The van der Waals surface area contributed by atoms with E-state index in [1.165, 1.54) is 5.57 Å². The molecule has 23 heavy (non-hydrogen) atoms. The molecule has 1 N–H and O–H groups in total. The Kier molecular flexibility index (Phi) is 5.34. The maximum Gasteiger partial charge on any atom is 0.224 e. The van der Waals surface area contributed by atoms with Crippen LogP contribution in [-0.4, -0.2) is 26.2 Å². The van der Waals surface area contributed by atoms with E-state index in [-0.39, 0.29) is 17.2 Å². The first kappa shape index (κ1) is 17.4. The van der Waals surface area contributed by atoms with Gasteiger partial charge in [0.05, 0.1) is 19.6 Å². The Labute approximate surface area is 138 Å². The molecule has 0 spiro atoms. The Bertz CT molecular complexity index is 571. The van der Waals surface area contributed by atoms with Crippen LogP contribution in [-0.2, 0) is 4.79 Å². The number of benzene rings is 1. The van der Waals surface area contributed by atoms with Crippen molar-refractivity contribution in [1.82, 2.24) is 5.32 Å². The second-order valence-corrected chi connectivity index (χ2v) is 6.88. The molecular weight excluding hydrogens is 290 g/mol. The number of allylic oxidation sites excluding steroid dienone is 2. The van der Waals surface area contributed by atoms with Gasteiger partial charge in [0, 0.05) is 0 Å². The van der Waals surface area contributed by atoms with Crippen molar-refractivity contribution in [2.75, 3.05) is 20.3 Å². The van der Waals surface area contributed by atoms with Gasteiger partial charge in [0.2, 0.25) is 5.91 Å². The quantitative estimate of drug-likeness (QED) is 0.619. The number of carbonyl (C=O) groups is 1. The first-order valence-electron chi connectivity index (χ1n) is 8.06. The topological polar surface area (TPSA) is 47.6 Å². The lowest BCUT2D eigenvalue weighted by Gasteiger charge is -2.09. The van der Waals surface area contributed by atoms with E-state index >= 15 is 0 Å². The van der Waals surface area contributed by atoms with Crippen LogP contribution >= 0.6 is 0 Å². The number of nitrogens with one attached hydrogen (secondary N) is 1. The summed E-state index contributed by atoms with van der Waals surface area (Å²) in [6, 6.07) is 7.42. The zero-order valence-corrected chi connectivity index (χ0v) is 14.7. The monoisotopic (exact) mass is 317 g/mol. The van der Waals surface area contributed by atoms with Crippen LogP contribution in [0, 0.1) is 17.3 Å². The number of hydrogen-bond donors (Lipinski definition) is 1. The lowest BCUT2D eigenvalue weighted by atomic mass is 10.1. The summed E-state index contributed by atoms with van der Waals surface area (Å²) in [7, 11) is 1.63. The number of ether oxygens (including phenoxy) is 2. The molecule has 1 fully saturated rings. The largest absolute Gasteiger partial charge is 0.497 e. The standard InChI is InChI=1S/C19H27NO3/c1-13(2)12-16-17(19(16,3)4)18(21)20-10-11-23-15-8-6-14(22-5)7-9-15/h6-9,12,16-17H,10-11H2,1-5H3,(H,20,21)/t16-,17-/m0/s1. The van der Waals surface area contributed by atoms with Crippen LogP contribution in [0.4, 0.5) is 0 Å². The number of amides is 1. The highest BCUT2D eigenvalue weighted by molar-refractivity contribution is 5.83. The molecule has 4 heteroatoms. The summed E-state index contributed by atoms with van der Waals surface area (Å²) in [5.41, 5.74) is 1.32. The van der Waals surface area contributed by atoms with Gasteiger partial charge in [-0.1, -0.05) is 25.5 Å². The molecule has 0 saturated heterocycles. The van der Waals surface area contributed by atoms with Crippen molar-refractivity contribution in [3.8, 4) is 11.5 Å². The lowest BCUT2D eigenvalue weighted by molar-refractivity contribution is -0.123. The molecule has 0 bridgehead atoms. The normalized spacial score (nSPS) is 21.3. The fourth-order valence-electron chi connectivity index (χ4n) is 2.97. The number of hydrogen-bond acceptors (Lipinski definition) is 3. The molecule has 1 amide bonds. The maximum atomic E-state index is 12.3. The van der Waals surface area contributed by atoms with Gasteiger partial charge in [0.15, 0.2) is 0 Å². The maximum absolute atomic E-state index is 12.3. The van der Waals surface area contributed by atoms with E-state index in [0.29, 0.717) is 19.1 Å². The van der Waals surface area contributed by atoms with Gasteiger partial charge in [-0.15, -0.1) is 0 Å². The van der Waals surface area contributed by atoms with E-state index in [2.05, 4.69) is 39.1 Å². The van der Waals surface area contributed by atoms with Crippen molar-refractivity contribution in [2.45, 2.75) is 27.7 Å². The molecule has 1 aromatic rings. The van der Waals surface area contributed by atoms with Crippen LogP contribution in [0.5, 0.6) is 11.5 Å². The zero-order valence-electron chi connectivity index (χ0n) is 14.7. The van der Waals surface area contributed by atoms with Gasteiger partial charge in [-0.3, -0.25) is 4.79 Å². The molecule has 1 aliphatic carbocycles. The van der Waals surface area contributed by atoms with Gasteiger partial charge in [-0.05, 0) is 49.4 Å². The molecule has 126 valence electrons. The van der Waals surface area contributed by atoms with E-state index in [4.69, 9.17) is 9.47 Å². The number of carbonyl (C=O) groups excluding carboxylic acids is 1. The third-order valence-electron chi connectivity index (χ3n) is 4.44. The molecule has 2 atom stereocenters. The summed E-state index contributed by atoms with van der Waals surface area (Å²) in [6.07, 6.45) is 2.21. The Morgan fingerprint density at radius 1 is 1.22 bits per heavy atom. The van der Waals surface area contributed by atoms with Gasteiger partial charge in [0.25, 0.3) is 0 Å². The van der Waals surface area contributed by atoms with E-state index in [9.17, 15) is 4.79 Å². The van der Waals surface area contributed by atoms with Crippen molar-refractivity contribution in [3.05, 3.63) is 35.9 Å². The van der Waals surface area contributed by atoms with Crippen molar-refractivity contribution < 1.29 is 14.3 Å². The predicted molar refractivity (Wildman–Crippen MR) is 91.7 cm³/mol. The predicted octanol–water partition coefficient (Wildman–Crippen LogP) is 3.43. The average Bonchev–Trinajstić information content (AvgIpc) is 3.04. The highest BCUT2D eigenvalue weighted by atomic mass is 16.5. The van der Waals surface area contributed by atoms with Crippen LogP contribution in [0.15, 0.2) is 35.9 Å². The van der Waals surface area contributed by atoms with Crippen molar-refractivity contribution in [2.24, 2.45) is 17.3 Å². The smallest absolute Gasteiger partial charge is 0.224 e. The Hall–Kier alpha value is -1.97. The minimum Gasteiger partial charge on any atom is -0.497 e. The molecule has 0 heterocycles. The Morgan fingerprint density at radius 2 is 1.83 bits per heavy atom. The summed E-state index contributed by atoms with van der Waals surface area (Å²) >= 11 is 0. The second-order valence-electron chi connectivity index (χ2n) is 6.88. The molecule has 2 rings (SSSR count). The molecule has 1 saturated carbocycles. The van der Waals surface area contributed by atoms with Gasteiger partial charge in [-0.2, -0.15) is 0 Å². The molecule has 0 aromatic heterocycles. The van der Waals surface area contributed by atoms with E-state index in [0.717, 1.165) is 11.5 Å². The van der Waals surface area contributed by atoms with E-state index in [1.54, 1.807) is 7.11 Å². The fourth-order valence-corrected chi connectivity index (χ4v) is 2.97. The summed E-state index contributed by atoms with van der Waals surface area (Å²) < 4.78 is 10.7. The van der Waals surface area contributed by atoms with Crippen molar-refractivity contribution in [3.63, 3.8) is 0 Å². The summed E-state index contributed by atoms with van der Waals surface area (Å²) in [4.78, 5) is 12.3. The Balaban J connectivity index is 1.74. The lowest BCUT2D eigenvalue weighted by Crippen LogP contribution is -2.30. The van der Waals surface area contributed by atoms with Crippen molar-refractivity contribution >= 4 is 5.91 Å². The van der Waals surface area contributed by atoms with Crippen LogP contribution in [0.1, 0.15) is 27.7 Å². The molecule has 0 aliphatic heterocycles. The van der Waals surface area contributed by atoms with E-state index < -0.39 is 0 Å². The van der Waals surface area contributed by atoms with Crippen LogP contribution < -0.4 is 14.8 Å². The van der Waals surface area contributed by atoms with Crippen LogP contribution in [0.25, 0.3) is 0 Å². The third kappa shape index (κ3) is 4.27. The molecule has 1 aromatic carbocycles. The Morgan fingerprint density at radius 3 is 2.39 bits per heavy atom.